The standard InChI is InChI=1S/C27H26N2O2S/c1-19-25(20-10-6-4-7-11-20)29-26(32-19)28-24(30)18-31-23-16-14-22(15-17-23)27(2,3)21-12-8-5-9-13-21/h4-17H,18H2,1-3H3,(H,28,29,30). The third-order valence-electron chi connectivity index (χ3n) is 5.53. The van der Waals surface area contributed by atoms with Gasteiger partial charge in [-0.05, 0) is 30.2 Å². The maximum absolute atomic E-state index is 12.4. The van der Waals surface area contributed by atoms with E-state index in [9.17, 15) is 4.79 Å². The Hall–Kier alpha value is -3.44. The molecule has 0 aliphatic rings. The number of amides is 1. The minimum Gasteiger partial charge on any atom is -0.484 e. The second-order valence-corrected chi connectivity index (χ2v) is 9.35. The van der Waals surface area contributed by atoms with Gasteiger partial charge in [0.2, 0.25) is 0 Å². The Balaban J connectivity index is 1.36. The maximum Gasteiger partial charge on any atom is 0.264 e. The smallest absolute Gasteiger partial charge is 0.264 e. The average molecular weight is 443 g/mol. The van der Waals surface area contributed by atoms with Crippen molar-refractivity contribution in [1.29, 1.82) is 0 Å². The molecule has 32 heavy (non-hydrogen) atoms. The number of aryl methyl sites for hydroxylation is 1. The number of nitrogens with zero attached hydrogens (tertiary/aromatic N) is 1. The molecule has 0 aliphatic carbocycles. The molecule has 0 bridgehead atoms. The average Bonchev–Trinajstić information content (AvgIpc) is 3.19. The molecule has 1 heterocycles. The van der Waals surface area contributed by atoms with Crippen LogP contribution in [0, 0.1) is 6.92 Å². The Morgan fingerprint density at radius 1 is 0.906 bits per heavy atom. The van der Waals surface area contributed by atoms with Crippen molar-refractivity contribution in [3.05, 3.63) is 101 Å². The van der Waals surface area contributed by atoms with E-state index in [1.807, 2.05) is 55.5 Å². The summed E-state index contributed by atoms with van der Waals surface area (Å²) in [6, 6.07) is 28.3. The molecule has 4 rings (SSSR count). The fraction of sp³-hybridized carbons (Fsp3) is 0.185. The van der Waals surface area contributed by atoms with Gasteiger partial charge in [-0.3, -0.25) is 10.1 Å². The number of thiazole rings is 1. The van der Waals surface area contributed by atoms with E-state index >= 15 is 0 Å². The number of aromatic nitrogens is 1. The van der Waals surface area contributed by atoms with Gasteiger partial charge < -0.3 is 4.74 Å². The molecular weight excluding hydrogens is 416 g/mol. The van der Waals surface area contributed by atoms with Crippen LogP contribution in [0.5, 0.6) is 5.75 Å². The zero-order valence-electron chi connectivity index (χ0n) is 18.5. The molecule has 1 amide bonds. The molecule has 5 heteroatoms. The van der Waals surface area contributed by atoms with Crippen LogP contribution in [0.1, 0.15) is 29.9 Å². The van der Waals surface area contributed by atoms with Gasteiger partial charge in [0.05, 0.1) is 5.69 Å². The first-order valence-electron chi connectivity index (χ1n) is 10.5. The van der Waals surface area contributed by atoms with Crippen LogP contribution < -0.4 is 10.1 Å². The highest BCUT2D eigenvalue weighted by Crippen LogP contribution is 2.32. The number of benzene rings is 3. The molecule has 1 N–H and O–H groups in total. The monoisotopic (exact) mass is 442 g/mol. The highest BCUT2D eigenvalue weighted by Gasteiger charge is 2.22. The Labute approximate surface area is 192 Å². The van der Waals surface area contributed by atoms with Crippen molar-refractivity contribution in [3.8, 4) is 17.0 Å². The van der Waals surface area contributed by atoms with Gasteiger partial charge >= 0.3 is 0 Å². The topological polar surface area (TPSA) is 51.2 Å². The van der Waals surface area contributed by atoms with Gasteiger partial charge in [-0.15, -0.1) is 11.3 Å². The summed E-state index contributed by atoms with van der Waals surface area (Å²) in [7, 11) is 0. The molecule has 1 aromatic heterocycles. The molecule has 162 valence electrons. The lowest BCUT2D eigenvalue weighted by Crippen LogP contribution is -2.20. The summed E-state index contributed by atoms with van der Waals surface area (Å²) < 4.78 is 5.70. The predicted molar refractivity (Wildman–Crippen MR) is 131 cm³/mol. The minimum atomic E-state index is -0.230. The molecule has 0 aliphatic heterocycles. The van der Waals surface area contributed by atoms with Crippen molar-refractivity contribution in [2.75, 3.05) is 11.9 Å². The molecule has 4 nitrogen and oxygen atoms in total. The van der Waals surface area contributed by atoms with E-state index in [0.717, 1.165) is 16.1 Å². The molecule has 0 spiro atoms. The zero-order chi connectivity index (χ0) is 22.6. The van der Waals surface area contributed by atoms with Gasteiger partial charge in [0.15, 0.2) is 11.7 Å². The van der Waals surface area contributed by atoms with Gasteiger partial charge in [0, 0.05) is 15.9 Å². The van der Waals surface area contributed by atoms with Crippen molar-refractivity contribution in [1.82, 2.24) is 4.98 Å². The molecular formula is C27H26N2O2S. The highest BCUT2D eigenvalue weighted by atomic mass is 32.1. The number of ether oxygens (including phenoxy) is 1. The van der Waals surface area contributed by atoms with E-state index < -0.39 is 0 Å². The number of hydrogen-bond acceptors (Lipinski definition) is 4. The van der Waals surface area contributed by atoms with Gasteiger partial charge in [-0.1, -0.05) is 86.6 Å². The van der Waals surface area contributed by atoms with Crippen molar-refractivity contribution in [3.63, 3.8) is 0 Å². The molecule has 3 aromatic carbocycles. The molecule has 0 saturated heterocycles. The molecule has 4 aromatic rings. The first-order chi connectivity index (χ1) is 15.4. The van der Waals surface area contributed by atoms with Crippen LogP contribution in [-0.4, -0.2) is 17.5 Å². The summed E-state index contributed by atoms with van der Waals surface area (Å²) in [5.74, 6) is 0.431. The van der Waals surface area contributed by atoms with Gasteiger partial charge in [-0.25, -0.2) is 4.98 Å². The lowest BCUT2D eigenvalue weighted by Gasteiger charge is -2.26. The fourth-order valence-electron chi connectivity index (χ4n) is 3.61. The number of anilines is 1. The molecule has 0 atom stereocenters. The summed E-state index contributed by atoms with van der Waals surface area (Å²) in [5, 5.41) is 3.42. The van der Waals surface area contributed by atoms with E-state index in [1.165, 1.54) is 22.5 Å². The summed E-state index contributed by atoms with van der Waals surface area (Å²) in [6.45, 7) is 6.34. The van der Waals surface area contributed by atoms with Crippen LogP contribution in [0.25, 0.3) is 11.3 Å². The van der Waals surface area contributed by atoms with Crippen LogP contribution in [0.2, 0.25) is 0 Å². The second-order valence-electron chi connectivity index (χ2n) is 8.14. The summed E-state index contributed by atoms with van der Waals surface area (Å²) in [4.78, 5) is 18.0. The zero-order valence-corrected chi connectivity index (χ0v) is 19.3. The van der Waals surface area contributed by atoms with Crippen LogP contribution >= 0.6 is 11.3 Å². The van der Waals surface area contributed by atoms with E-state index in [2.05, 4.69) is 60.5 Å². The van der Waals surface area contributed by atoms with Crippen molar-refractivity contribution < 1.29 is 9.53 Å². The first-order valence-corrected chi connectivity index (χ1v) is 11.4. The lowest BCUT2D eigenvalue weighted by molar-refractivity contribution is -0.118. The molecule has 0 unspecified atom stereocenters. The highest BCUT2D eigenvalue weighted by molar-refractivity contribution is 7.16. The third-order valence-corrected chi connectivity index (χ3v) is 6.42. The van der Waals surface area contributed by atoms with Crippen LogP contribution in [0.3, 0.4) is 0 Å². The van der Waals surface area contributed by atoms with Crippen LogP contribution in [0.15, 0.2) is 84.9 Å². The van der Waals surface area contributed by atoms with Crippen molar-refractivity contribution in [2.24, 2.45) is 0 Å². The normalized spacial score (nSPS) is 11.2. The van der Waals surface area contributed by atoms with Crippen LogP contribution in [-0.2, 0) is 10.2 Å². The maximum atomic E-state index is 12.4. The summed E-state index contributed by atoms with van der Waals surface area (Å²) in [5.41, 5.74) is 4.25. The van der Waals surface area contributed by atoms with E-state index in [1.54, 1.807) is 0 Å². The second kappa shape index (κ2) is 9.37. The predicted octanol–water partition coefficient (Wildman–Crippen LogP) is 6.46. The number of nitrogens with one attached hydrogen (secondary N) is 1. The summed E-state index contributed by atoms with van der Waals surface area (Å²) in [6.07, 6.45) is 0. The van der Waals surface area contributed by atoms with Crippen molar-refractivity contribution in [2.45, 2.75) is 26.2 Å². The van der Waals surface area contributed by atoms with E-state index in [4.69, 9.17) is 4.74 Å². The largest absolute Gasteiger partial charge is 0.484 e. The Morgan fingerprint density at radius 3 is 2.16 bits per heavy atom. The van der Waals surface area contributed by atoms with Gasteiger partial charge in [0.25, 0.3) is 5.91 Å². The fourth-order valence-corrected chi connectivity index (χ4v) is 4.46. The third kappa shape index (κ3) is 4.89. The summed E-state index contributed by atoms with van der Waals surface area (Å²) >= 11 is 1.46. The molecule has 0 saturated carbocycles. The van der Waals surface area contributed by atoms with Gasteiger partial charge in [-0.2, -0.15) is 0 Å². The Kier molecular flexibility index (Phi) is 6.37. The number of hydrogen-bond donors (Lipinski definition) is 1. The van der Waals surface area contributed by atoms with E-state index in [-0.39, 0.29) is 17.9 Å². The van der Waals surface area contributed by atoms with Crippen LogP contribution in [0.4, 0.5) is 5.13 Å². The number of rotatable bonds is 7. The number of carbonyl (C=O) groups is 1. The van der Waals surface area contributed by atoms with Gasteiger partial charge in [0.1, 0.15) is 5.75 Å². The lowest BCUT2D eigenvalue weighted by atomic mass is 9.78. The minimum absolute atomic E-state index is 0.0687. The SMILES string of the molecule is Cc1sc(NC(=O)COc2ccc(C(C)(C)c3ccccc3)cc2)nc1-c1ccccc1. The Bertz CT molecular complexity index is 1180. The number of carbonyl (C=O) groups excluding carboxylic acids is 1. The Morgan fingerprint density at radius 2 is 1.50 bits per heavy atom. The first kappa shape index (κ1) is 21.8. The quantitative estimate of drug-likeness (QED) is 0.357. The molecule has 0 radical (unpaired) electrons. The van der Waals surface area contributed by atoms with E-state index in [0.29, 0.717) is 10.9 Å². The van der Waals surface area contributed by atoms with Crippen molar-refractivity contribution >= 4 is 22.4 Å². The molecule has 0 fully saturated rings.